The Kier molecular flexibility index (Phi) is 7.51. The summed E-state index contributed by atoms with van der Waals surface area (Å²) < 4.78 is 12.1. The minimum Gasteiger partial charge on any atom is -0.482 e. The Labute approximate surface area is 162 Å². The SMILES string of the molecule is O=C(COC(=O)COc1ccc(I)cc1)NCc1ccccc1Br. The van der Waals surface area contributed by atoms with Crippen molar-refractivity contribution in [3.05, 3.63) is 62.1 Å². The topological polar surface area (TPSA) is 64.6 Å². The molecule has 0 radical (unpaired) electrons. The van der Waals surface area contributed by atoms with Crippen molar-refractivity contribution in [2.75, 3.05) is 13.2 Å². The Bertz CT molecular complexity index is 706. The zero-order valence-corrected chi connectivity index (χ0v) is 16.4. The van der Waals surface area contributed by atoms with E-state index in [2.05, 4.69) is 43.8 Å². The van der Waals surface area contributed by atoms with Crippen LogP contribution in [0.5, 0.6) is 5.75 Å². The second-order valence-electron chi connectivity index (χ2n) is 4.77. The van der Waals surface area contributed by atoms with Crippen LogP contribution < -0.4 is 10.1 Å². The van der Waals surface area contributed by atoms with Crippen LogP contribution in [0.2, 0.25) is 0 Å². The quantitative estimate of drug-likeness (QED) is 0.465. The van der Waals surface area contributed by atoms with Gasteiger partial charge >= 0.3 is 5.97 Å². The van der Waals surface area contributed by atoms with E-state index >= 15 is 0 Å². The van der Waals surface area contributed by atoms with Gasteiger partial charge in [0.2, 0.25) is 0 Å². The summed E-state index contributed by atoms with van der Waals surface area (Å²) in [6, 6.07) is 14.8. The van der Waals surface area contributed by atoms with Crippen molar-refractivity contribution in [3.63, 3.8) is 0 Å². The van der Waals surface area contributed by atoms with E-state index in [0.29, 0.717) is 12.3 Å². The fourth-order valence-electron chi connectivity index (χ4n) is 1.75. The molecule has 0 bridgehead atoms. The lowest BCUT2D eigenvalue weighted by Crippen LogP contribution is -2.29. The monoisotopic (exact) mass is 503 g/mol. The Morgan fingerprint density at radius 1 is 1.04 bits per heavy atom. The van der Waals surface area contributed by atoms with Crippen LogP contribution in [0.25, 0.3) is 0 Å². The first kappa shape index (κ1) is 18.7. The maximum absolute atomic E-state index is 11.7. The number of nitrogens with one attached hydrogen (secondary N) is 1. The van der Waals surface area contributed by atoms with Crippen LogP contribution in [0.4, 0.5) is 0 Å². The maximum atomic E-state index is 11.7. The Hall–Kier alpha value is -1.61. The lowest BCUT2D eigenvalue weighted by atomic mass is 10.2. The standard InChI is InChI=1S/C17H15BrINO4/c18-15-4-2-1-3-12(15)9-20-16(21)10-24-17(22)11-23-14-7-5-13(19)6-8-14/h1-8H,9-11H2,(H,20,21). The van der Waals surface area contributed by atoms with Gasteiger partial charge < -0.3 is 14.8 Å². The molecular formula is C17H15BrINO4. The Morgan fingerprint density at radius 3 is 2.46 bits per heavy atom. The number of hydrogen-bond acceptors (Lipinski definition) is 4. The van der Waals surface area contributed by atoms with E-state index in [-0.39, 0.29) is 19.1 Å². The summed E-state index contributed by atoms with van der Waals surface area (Å²) in [5, 5.41) is 2.69. The summed E-state index contributed by atoms with van der Waals surface area (Å²) in [6.45, 7) is -0.214. The van der Waals surface area contributed by atoms with Crippen LogP contribution in [0.15, 0.2) is 53.0 Å². The first-order valence-corrected chi connectivity index (χ1v) is 8.96. The largest absolute Gasteiger partial charge is 0.482 e. The molecule has 0 fully saturated rings. The van der Waals surface area contributed by atoms with E-state index in [0.717, 1.165) is 13.6 Å². The molecule has 0 aromatic heterocycles. The van der Waals surface area contributed by atoms with Crippen LogP contribution in [0, 0.1) is 3.57 Å². The number of benzene rings is 2. The minimum absolute atomic E-state index is 0.238. The molecule has 0 saturated heterocycles. The summed E-state index contributed by atoms with van der Waals surface area (Å²) in [5.74, 6) is -0.385. The molecule has 126 valence electrons. The average molecular weight is 504 g/mol. The fraction of sp³-hybridized carbons (Fsp3) is 0.176. The molecule has 0 spiro atoms. The van der Waals surface area contributed by atoms with E-state index in [9.17, 15) is 9.59 Å². The molecule has 0 aliphatic heterocycles. The number of amides is 1. The highest BCUT2D eigenvalue weighted by Gasteiger charge is 2.09. The van der Waals surface area contributed by atoms with Crippen molar-refractivity contribution in [2.24, 2.45) is 0 Å². The van der Waals surface area contributed by atoms with Gasteiger partial charge in [-0.1, -0.05) is 34.1 Å². The number of carbonyl (C=O) groups is 2. The minimum atomic E-state index is -0.593. The third-order valence-electron chi connectivity index (χ3n) is 2.97. The van der Waals surface area contributed by atoms with E-state index in [1.807, 2.05) is 36.4 Å². The predicted molar refractivity (Wildman–Crippen MR) is 102 cm³/mol. The smallest absolute Gasteiger partial charge is 0.344 e. The molecule has 24 heavy (non-hydrogen) atoms. The van der Waals surface area contributed by atoms with Crippen molar-refractivity contribution in [1.29, 1.82) is 0 Å². The van der Waals surface area contributed by atoms with E-state index in [1.165, 1.54) is 0 Å². The third-order valence-corrected chi connectivity index (χ3v) is 4.46. The molecule has 1 N–H and O–H groups in total. The second kappa shape index (κ2) is 9.63. The summed E-state index contributed by atoms with van der Waals surface area (Å²) in [4.78, 5) is 23.3. The highest BCUT2D eigenvalue weighted by molar-refractivity contribution is 14.1. The molecule has 0 aliphatic carbocycles. The van der Waals surface area contributed by atoms with Gasteiger partial charge in [0.25, 0.3) is 5.91 Å². The van der Waals surface area contributed by atoms with Crippen molar-refractivity contribution < 1.29 is 19.1 Å². The number of esters is 1. The zero-order valence-electron chi connectivity index (χ0n) is 12.6. The first-order valence-electron chi connectivity index (χ1n) is 7.08. The highest BCUT2D eigenvalue weighted by Crippen LogP contribution is 2.15. The van der Waals surface area contributed by atoms with Crippen LogP contribution in [-0.4, -0.2) is 25.1 Å². The molecule has 0 heterocycles. The van der Waals surface area contributed by atoms with Crippen LogP contribution in [0.1, 0.15) is 5.56 Å². The van der Waals surface area contributed by atoms with Crippen LogP contribution in [0.3, 0.4) is 0 Å². The van der Waals surface area contributed by atoms with Gasteiger partial charge in [-0.25, -0.2) is 4.79 Å². The van der Waals surface area contributed by atoms with Crippen LogP contribution >= 0.6 is 38.5 Å². The van der Waals surface area contributed by atoms with Gasteiger partial charge in [-0.2, -0.15) is 0 Å². The van der Waals surface area contributed by atoms with Crippen LogP contribution in [-0.2, 0) is 20.9 Å². The predicted octanol–water partition coefficient (Wildman–Crippen LogP) is 3.29. The first-order chi connectivity index (χ1) is 11.5. The van der Waals surface area contributed by atoms with Gasteiger partial charge in [-0.3, -0.25) is 4.79 Å². The lowest BCUT2D eigenvalue weighted by Gasteiger charge is -2.09. The Morgan fingerprint density at radius 2 is 1.75 bits per heavy atom. The molecule has 7 heteroatoms. The van der Waals surface area contributed by atoms with Gasteiger partial charge in [0, 0.05) is 14.6 Å². The van der Waals surface area contributed by atoms with Gasteiger partial charge in [0.1, 0.15) is 5.75 Å². The molecule has 0 aliphatic rings. The molecule has 2 aromatic rings. The average Bonchev–Trinajstić information content (AvgIpc) is 2.58. The summed E-state index contributed by atoms with van der Waals surface area (Å²) in [7, 11) is 0. The second-order valence-corrected chi connectivity index (χ2v) is 6.87. The fourth-order valence-corrected chi connectivity index (χ4v) is 2.53. The summed E-state index contributed by atoms with van der Waals surface area (Å²) in [5.41, 5.74) is 0.944. The molecule has 0 saturated carbocycles. The molecule has 0 unspecified atom stereocenters. The molecule has 5 nitrogen and oxygen atoms in total. The number of ether oxygens (including phenoxy) is 2. The van der Waals surface area contributed by atoms with E-state index in [4.69, 9.17) is 9.47 Å². The lowest BCUT2D eigenvalue weighted by molar-refractivity contribution is -0.150. The van der Waals surface area contributed by atoms with Gasteiger partial charge in [-0.15, -0.1) is 0 Å². The van der Waals surface area contributed by atoms with Crippen molar-refractivity contribution in [3.8, 4) is 5.75 Å². The molecule has 2 aromatic carbocycles. The number of hydrogen-bond donors (Lipinski definition) is 1. The van der Waals surface area contributed by atoms with Gasteiger partial charge in [0.15, 0.2) is 13.2 Å². The number of halogens is 2. The normalized spacial score (nSPS) is 10.1. The number of rotatable bonds is 7. The van der Waals surface area contributed by atoms with Crippen molar-refractivity contribution in [1.82, 2.24) is 5.32 Å². The third kappa shape index (κ3) is 6.48. The maximum Gasteiger partial charge on any atom is 0.344 e. The molecular weight excluding hydrogens is 489 g/mol. The molecule has 0 atom stereocenters. The zero-order chi connectivity index (χ0) is 17.4. The van der Waals surface area contributed by atoms with E-state index in [1.54, 1.807) is 12.1 Å². The van der Waals surface area contributed by atoms with Gasteiger partial charge in [0.05, 0.1) is 0 Å². The summed E-state index contributed by atoms with van der Waals surface area (Å²) >= 11 is 5.58. The van der Waals surface area contributed by atoms with Gasteiger partial charge in [-0.05, 0) is 58.5 Å². The van der Waals surface area contributed by atoms with Crippen molar-refractivity contribution >= 4 is 50.4 Å². The molecule has 2 rings (SSSR count). The van der Waals surface area contributed by atoms with E-state index < -0.39 is 5.97 Å². The summed E-state index contributed by atoms with van der Waals surface area (Å²) in [6.07, 6.45) is 0. The molecule has 1 amide bonds. The number of carbonyl (C=O) groups excluding carboxylic acids is 2. The van der Waals surface area contributed by atoms with Crippen molar-refractivity contribution in [2.45, 2.75) is 6.54 Å². The highest BCUT2D eigenvalue weighted by atomic mass is 127. The Balaban J connectivity index is 1.66.